The van der Waals surface area contributed by atoms with Crippen LogP contribution in [-0.2, 0) is 4.84 Å². The second-order valence-electron chi connectivity index (χ2n) is 2.65. The van der Waals surface area contributed by atoms with Crippen molar-refractivity contribution in [2.75, 3.05) is 26.9 Å². The van der Waals surface area contributed by atoms with Gasteiger partial charge in [-0.2, -0.15) is 0 Å². The molecule has 0 amide bonds. The van der Waals surface area contributed by atoms with Crippen LogP contribution in [-0.4, -0.2) is 37.1 Å². The summed E-state index contributed by atoms with van der Waals surface area (Å²) in [7, 11) is 1.50. The van der Waals surface area contributed by atoms with E-state index in [1.54, 1.807) is 6.92 Å². The summed E-state index contributed by atoms with van der Waals surface area (Å²) in [4.78, 5) is 4.57. The van der Waals surface area contributed by atoms with Crippen LogP contribution in [0.4, 0.5) is 0 Å². The minimum Gasteiger partial charge on any atom is -0.396 e. The van der Waals surface area contributed by atoms with Gasteiger partial charge in [0.05, 0.1) is 20.3 Å². The second-order valence-corrected chi connectivity index (χ2v) is 2.65. The quantitative estimate of drug-likeness (QED) is 0.445. The number of hydroxylamine groups is 1. The highest BCUT2D eigenvalue weighted by molar-refractivity contribution is 4.72. The van der Waals surface area contributed by atoms with Gasteiger partial charge in [-0.05, 0) is 0 Å². The third-order valence-electron chi connectivity index (χ3n) is 1.41. The van der Waals surface area contributed by atoms with Crippen molar-refractivity contribution in [3.63, 3.8) is 0 Å². The summed E-state index contributed by atoms with van der Waals surface area (Å²) in [5.41, 5.74) is 2.08. The van der Waals surface area contributed by atoms with Gasteiger partial charge >= 0.3 is 0 Å². The van der Waals surface area contributed by atoms with Crippen molar-refractivity contribution in [1.29, 1.82) is 0 Å². The first-order chi connectivity index (χ1) is 4.68. The van der Waals surface area contributed by atoms with E-state index >= 15 is 0 Å². The third-order valence-corrected chi connectivity index (χ3v) is 1.41. The van der Waals surface area contributed by atoms with Gasteiger partial charge in [-0.15, -0.1) is 0 Å². The number of hydrogen-bond acceptors (Lipinski definition) is 4. The summed E-state index contributed by atoms with van der Waals surface area (Å²) in [5.74, 6) is 0. The summed E-state index contributed by atoms with van der Waals surface area (Å²) in [6, 6.07) is 0. The van der Waals surface area contributed by atoms with Gasteiger partial charge in [-0.1, -0.05) is 6.92 Å². The largest absolute Gasteiger partial charge is 0.396 e. The van der Waals surface area contributed by atoms with E-state index in [4.69, 9.17) is 10.2 Å². The zero-order valence-corrected chi connectivity index (χ0v) is 6.42. The minimum absolute atomic E-state index is 0.0557. The Morgan fingerprint density at radius 3 is 2.20 bits per heavy atom. The van der Waals surface area contributed by atoms with Crippen LogP contribution < -0.4 is 5.48 Å². The minimum atomic E-state index is -0.490. The molecule has 62 valence electrons. The summed E-state index contributed by atoms with van der Waals surface area (Å²) < 4.78 is 0. The van der Waals surface area contributed by atoms with Crippen LogP contribution in [0.1, 0.15) is 6.92 Å². The SMILES string of the molecule is CONCC(C)(CO)CO. The van der Waals surface area contributed by atoms with E-state index in [0.29, 0.717) is 6.54 Å². The molecule has 0 rings (SSSR count). The maximum Gasteiger partial charge on any atom is 0.0572 e. The molecule has 0 unspecified atom stereocenters. The maximum absolute atomic E-state index is 8.76. The Morgan fingerprint density at radius 1 is 1.40 bits per heavy atom. The molecule has 0 aromatic rings. The zero-order valence-electron chi connectivity index (χ0n) is 6.42. The molecule has 0 aliphatic rings. The van der Waals surface area contributed by atoms with Crippen LogP contribution >= 0.6 is 0 Å². The van der Waals surface area contributed by atoms with E-state index in [2.05, 4.69) is 10.3 Å². The van der Waals surface area contributed by atoms with Crippen molar-refractivity contribution >= 4 is 0 Å². The molecule has 0 saturated heterocycles. The van der Waals surface area contributed by atoms with Crippen molar-refractivity contribution in [3.05, 3.63) is 0 Å². The van der Waals surface area contributed by atoms with E-state index in [1.807, 2.05) is 0 Å². The lowest BCUT2D eigenvalue weighted by atomic mass is 9.94. The van der Waals surface area contributed by atoms with Crippen molar-refractivity contribution in [3.8, 4) is 0 Å². The number of aliphatic hydroxyl groups excluding tert-OH is 2. The molecule has 10 heavy (non-hydrogen) atoms. The summed E-state index contributed by atoms with van der Waals surface area (Å²) in [6.45, 7) is 2.09. The van der Waals surface area contributed by atoms with E-state index in [0.717, 1.165) is 0 Å². The highest BCUT2D eigenvalue weighted by atomic mass is 16.6. The fraction of sp³-hybridized carbons (Fsp3) is 1.00. The third kappa shape index (κ3) is 3.12. The molecule has 0 heterocycles. The Hall–Kier alpha value is -0.160. The van der Waals surface area contributed by atoms with Crippen LogP contribution in [0.25, 0.3) is 0 Å². The van der Waals surface area contributed by atoms with E-state index in [-0.39, 0.29) is 13.2 Å². The van der Waals surface area contributed by atoms with E-state index in [9.17, 15) is 0 Å². The van der Waals surface area contributed by atoms with Crippen LogP contribution in [0.15, 0.2) is 0 Å². The number of aliphatic hydroxyl groups is 2. The summed E-state index contributed by atoms with van der Waals surface area (Å²) >= 11 is 0. The standard InChI is InChI=1S/C6H15NO3/c1-6(4-8,5-9)3-7-10-2/h7-9H,3-5H2,1-2H3. The normalized spacial score (nSPS) is 12.0. The molecule has 0 atom stereocenters. The van der Waals surface area contributed by atoms with Crippen LogP contribution in [0.5, 0.6) is 0 Å². The molecule has 0 aliphatic heterocycles. The highest BCUT2D eigenvalue weighted by Crippen LogP contribution is 2.11. The molecule has 0 spiro atoms. The molecule has 0 aliphatic carbocycles. The Morgan fingerprint density at radius 2 is 1.90 bits per heavy atom. The fourth-order valence-electron chi connectivity index (χ4n) is 0.408. The molecule has 3 N–H and O–H groups in total. The number of hydrogen-bond donors (Lipinski definition) is 3. The maximum atomic E-state index is 8.76. The van der Waals surface area contributed by atoms with Crippen molar-refractivity contribution in [1.82, 2.24) is 5.48 Å². The number of nitrogens with one attached hydrogen (secondary N) is 1. The lowest BCUT2D eigenvalue weighted by Crippen LogP contribution is -2.37. The molecule has 4 nitrogen and oxygen atoms in total. The Balaban J connectivity index is 3.58. The smallest absolute Gasteiger partial charge is 0.0572 e. The average molecular weight is 149 g/mol. The van der Waals surface area contributed by atoms with Crippen molar-refractivity contribution in [2.45, 2.75) is 6.92 Å². The van der Waals surface area contributed by atoms with Crippen LogP contribution in [0, 0.1) is 5.41 Å². The molecular weight excluding hydrogens is 134 g/mol. The molecule has 0 aromatic heterocycles. The highest BCUT2D eigenvalue weighted by Gasteiger charge is 2.21. The zero-order chi connectivity index (χ0) is 8.04. The Labute approximate surface area is 60.8 Å². The average Bonchev–Trinajstić information content (AvgIpc) is 2.00. The van der Waals surface area contributed by atoms with Gasteiger partial charge < -0.3 is 15.1 Å². The van der Waals surface area contributed by atoms with Gasteiger partial charge in [0, 0.05) is 12.0 Å². The monoisotopic (exact) mass is 149 g/mol. The second kappa shape index (κ2) is 4.62. The Bertz CT molecular complexity index is 83.1. The van der Waals surface area contributed by atoms with E-state index in [1.165, 1.54) is 7.11 Å². The predicted octanol–water partition coefficient (Wildman–Crippen LogP) is -0.872. The first-order valence-electron chi connectivity index (χ1n) is 3.16. The lowest BCUT2D eigenvalue weighted by Gasteiger charge is -2.23. The molecule has 0 bridgehead atoms. The van der Waals surface area contributed by atoms with Crippen LogP contribution in [0.2, 0.25) is 0 Å². The lowest BCUT2D eigenvalue weighted by molar-refractivity contribution is 0.0103. The van der Waals surface area contributed by atoms with Crippen molar-refractivity contribution in [2.24, 2.45) is 5.41 Å². The van der Waals surface area contributed by atoms with Gasteiger partial charge in [0.2, 0.25) is 0 Å². The van der Waals surface area contributed by atoms with Crippen LogP contribution in [0.3, 0.4) is 0 Å². The van der Waals surface area contributed by atoms with Gasteiger partial charge in [0.15, 0.2) is 0 Å². The number of rotatable bonds is 5. The molecule has 0 saturated carbocycles. The summed E-state index contributed by atoms with van der Waals surface area (Å²) in [6.07, 6.45) is 0. The van der Waals surface area contributed by atoms with Gasteiger partial charge in [-0.3, -0.25) is 0 Å². The topological polar surface area (TPSA) is 61.7 Å². The van der Waals surface area contributed by atoms with Gasteiger partial charge in [0.25, 0.3) is 0 Å². The Kier molecular flexibility index (Phi) is 4.55. The molecule has 4 heteroatoms. The van der Waals surface area contributed by atoms with Gasteiger partial charge in [-0.25, -0.2) is 5.48 Å². The molecular formula is C6H15NO3. The van der Waals surface area contributed by atoms with E-state index < -0.39 is 5.41 Å². The molecule has 0 fully saturated rings. The predicted molar refractivity (Wildman–Crippen MR) is 37.3 cm³/mol. The first-order valence-corrected chi connectivity index (χ1v) is 3.16. The van der Waals surface area contributed by atoms with Crippen molar-refractivity contribution < 1.29 is 15.1 Å². The first kappa shape index (κ1) is 9.84. The molecule has 0 radical (unpaired) electrons. The van der Waals surface area contributed by atoms with Gasteiger partial charge in [0.1, 0.15) is 0 Å². The fourth-order valence-corrected chi connectivity index (χ4v) is 0.408. The molecule has 0 aromatic carbocycles. The summed E-state index contributed by atoms with van der Waals surface area (Å²) in [5, 5.41) is 17.5.